The zero-order valence-electron chi connectivity index (χ0n) is 11.4. The molecule has 1 aliphatic heterocycles. The van der Waals surface area contributed by atoms with Crippen LogP contribution in [0.4, 0.5) is 0 Å². The van der Waals surface area contributed by atoms with Gasteiger partial charge in [-0.3, -0.25) is 0 Å². The minimum Gasteiger partial charge on any atom is -0.496 e. The van der Waals surface area contributed by atoms with Crippen molar-refractivity contribution >= 4 is 11.8 Å². The highest BCUT2D eigenvalue weighted by Gasteiger charge is 2.12. The summed E-state index contributed by atoms with van der Waals surface area (Å²) in [6, 6.07) is 6.42. The SMILES string of the molecule is COc1ccc(CNCC2CCSCC2)cc1C. The van der Waals surface area contributed by atoms with Crippen molar-refractivity contribution in [3.63, 3.8) is 0 Å². The van der Waals surface area contributed by atoms with E-state index in [0.29, 0.717) is 0 Å². The zero-order chi connectivity index (χ0) is 12.8. The Morgan fingerprint density at radius 3 is 2.78 bits per heavy atom. The Labute approximate surface area is 114 Å². The van der Waals surface area contributed by atoms with Crippen LogP contribution in [0.5, 0.6) is 5.75 Å². The van der Waals surface area contributed by atoms with Gasteiger partial charge in [-0.15, -0.1) is 0 Å². The molecule has 3 heteroatoms. The summed E-state index contributed by atoms with van der Waals surface area (Å²) in [7, 11) is 1.72. The van der Waals surface area contributed by atoms with E-state index in [9.17, 15) is 0 Å². The van der Waals surface area contributed by atoms with E-state index in [1.165, 1.54) is 35.5 Å². The van der Waals surface area contributed by atoms with E-state index in [4.69, 9.17) is 4.74 Å². The molecule has 18 heavy (non-hydrogen) atoms. The molecule has 0 aromatic heterocycles. The van der Waals surface area contributed by atoms with Crippen molar-refractivity contribution in [3.8, 4) is 5.75 Å². The van der Waals surface area contributed by atoms with Crippen LogP contribution in [0.1, 0.15) is 24.0 Å². The summed E-state index contributed by atoms with van der Waals surface area (Å²) in [4.78, 5) is 0. The highest BCUT2D eigenvalue weighted by atomic mass is 32.2. The van der Waals surface area contributed by atoms with Crippen LogP contribution in [0, 0.1) is 12.8 Å². The number of hydrogen-bond donors (Lipinski definition) is 1. The molecule has 2 rings (SSSR count). The fourth-order valence-electron chi connectivity index (χ4n) is 2.42. The largest absolute Gasteiger partial charge is 0.496 e. The maximum Gasteiger partial charge on any atom is 0.121 e. The molecule has 100 valence electrons. The summed E-state index contributed by atoms with van der Waals surface area (Å²) >= 11 is 2.09. The molecule has 1 aromatic carbocycles. The first-order valence-electron chi connectivity index (χ1n) is 6.71. The van der Waals surface area contributed by atoms with Gasteiger partial charge in [0.05, 0.1) is 7.11 Å². The lowest BCUT2D eigenvalue weighted by atomic mass is 10.0. The van der Waals surface area contributed by atoms with Crippen molar-refractivity contribution in [2.24, 2.45) is 5.92 Å². The molecule has 0 bridgehead atoms. The lowest BCUT2D eigenvalue weighted by Crippen LogP contribution is -2.25. The first kappa shape index (κ1) is 13.8. The van der Waals surface area contributed by atoms with E-state index in [1.807, 2.05) is 0 Å². The van der Waals surface area contributed by atoms with Crippen LogP contribution in [-0.2, 0) is 6.54 Å². The molecule has 0 amide bonds. The molecular weight excluding hydrogens is 242 g/mol. The Hall–Kier alpha value is -0.670. The van der Waals surface area contributed by atoms with E-state index >= 15 is 0 Å². The Balaban J connectivity index is 1.77. The van der Waals surface area contributed by atoms with Crippen molar-refractivity contribution in [2.45, 2.75) is 26.3 Å². The highest BCUT2D eigenvalue weighted by Crippen LogP contribution is 2.22. The number of rotatable bonds is 5. The Morgan fingerprint density at radius 1 is 1.33 bits per heavy atom. The molecule has 0 aliphatic carbocycles. The summed E-state index contributed by atoms with van der Waals surface area (Å²) in [5.74, 6) is 4.54. The molecule has 1 saturated heterocycles. The minimum atomic E-state index is 0.880. The molecule has 0 spiro atoms. The third-order valence-electron chi connectivity index (χ3n) is 3.56. The first-order valence-corrected chi connectivity index (χ1v) is 7.87. The third kappa shape index (κ3) is 3.92. The quantitative estimate of drug-likeness (QED) is 0.883. The summed E-state index contributed by atoms with van der Waals surface area (Å²) in [5.41, 5.74) is 2.56. The predicted octanol–water partition coefficient (Wildman–Crippen LogP) is 3.24. The van der Waals surface area contributed by atoms with E-state index in [-0.39, 0.29) is 0 Å². The van der Waals surface area contributed by atoms with Crippen molar-refractivity contribution in [2.75, 3.05) is 25.2 Å². The summed E-state index contributed by atoms with van der Waals surface area (Å²) in [6.07, 6.45) is 2.75. The van der Waals surface area contributed by atoms with Gasteiger partial charge in [0.25, 0.3) is 0 Å². The fraction of sp³-hybridized carbons (Fsp3) is 0.600. The van der Waals surface area contributed by atoms with Crippen molar-refractivity contribution in [1.29, 1.82) is 0 Å². The predicted molar refractivity (Wildman–Crippen MR) is 79.5 cm³/mol. The molecule has 2 nitrogen and oxygen atoms in total. The second-order valence-corrected chi connectivity index (χ2v) is 6.22. The van der Waals surface area contributed by atoms with Crippen LogP contribution in [0.25, 0.3) is 0 Å². The van der Waals surface area contributed by atoms with Crippen molar-refractivity contribution in [3.05, 3.63) is 29.3 Å². The van der Waals surface area contributed by atoms with Gasteiger partial charge in [0, 0.05) is 6.54 Å². The van der Waals surface area contributed by atoms with Crippen LogP contribution < -0.4 is 10.1 Å². The van der Waals surface area contributed by atoms with Crippen molar-refractivity contribution in [1.82, 2.24) is 5.32 Å². The third-order valence-corrected chi connectivity index (χ3v) is 4.61. The molecule has 0 atom stereocenters. The highest BCUT2D eigenvalue weighted by molar-refractivity contribution is 7.99. The van der Waals surface area contributed by atoms with E-state index < -0.39 is 0 Å². The van der Waals surface area contributed by atoms with E-state index in [2.05, 4.69) is 42.2 Å². The molecule has 1 aromatic rings. The number of methoxy groups -OCH3 is 1. The van der Waals surface area contributed by atoms with Crippen LogP contribution in [0.3, 0.4) is 0 Å². The smallest absolute Gasteiger partial charge is 0.121 e. The van der Waals surface area contributed by atoms with Gasteiger partial charge in [-0.05, 0) is 60.9 Å². The number of hydrogen-bond acceptors (Lipinski definition) is 3. The van der Waals surface area contributed by atoms with Crippen LogP contribution in [0.15, 0.2) is 18.2 Å². The molecule has 1 aliphatic rings. The Bertz CT molecular complexity index is 375. The number of aryl methyl sites for hydroxylation is 1. The molecule has 1 heterocycles. The van der Waals surface area contributed by atoms with Gasteiger partial charge >= 0.3 is 0 Å². The average molecular weight is 265 g/mol. The molecule has 0 unspecified atom stereocenters. The Morgan fingerprint density at radius 2 is 2.11 bits per heavy atom. The first-order chi connectivity index (χ1) is 8.79. The van der Waals surface area contributed by atoms with Crippen LogP contribution >= 0.6 is 11.8 Å². The van der Waals surface area contributed by atoms with Gasteiger partial charge in [-0.25, -0.2) is 0 Å². The summed E-state index contributed by atoms with van der Waals surface area (Å²) in [5, 5.41) is 3.59. The van der Waals surface area contributed by atoms with E-state index in [0.717, 1.165) is 24.8 Å². The van der Waals surface area contributed by atoms with Gasteiger partial charge in [-0.1, -0.05) is 12.1 Å². The van der Waals surface area contributed by atoms with Crippen LogP contribution in [0.2, 0.25) is 0 Å². The minimum absolute atomic E-state index is 0.880. The topological polar surface area (TPSA) is 21.3 Å². The molecule has 1 fully saturated rings. The van der Waals surface area contributed by atoms with Gasteiger partial charge in [0.1, 0.15) is 5.75 Å². The molecule has 0 saturated carbocycles. The van der Waals surface area contributed by atoms with Gasteiger partial charge in [-0.2, -0.15) is 11.8 Å². The number of thioether (sulfide) groups is 1. The number of nitrogens with one attached hydrogen (secondary N) is 1. The maximum absolute atomic E-state index is 5.28. The second-order valence-electron chi connectivity index (χ2n) is 4.99. The Kier molecular flexibility index (Phi) is 5.39. The number of ether oxygens (including phenoxy) is 1. The lowest BCUT2D eigenvalue weighted by Gasteiger charge is -2.21. The van der Waals surface area contributed by atoms with Crippen molar-refractivity contribution < 1.29 is 4.74 Å². The summed E-state index contributed by atoms with van der Waals surface area (Å²) in [6.45, 7) is 4.22. The maximum atomic E-state index is 5.28. The monoisotopic (exact) mass is 265 g/mol. The second kappa shape index (κ2) is 7.05. The van der Waals surface area contributed by atoms with Crippen LogP contribution in [-0.4, -0.2) is 25.2 Å². The van der Waals surface area contributed by atoms with Gasteiger partial charge in [0.15, 0.2) is 0 Å². The standard InChI is InChI=1S/C15H23NOS/c1-12-9-14(3-4-15(12)17-2)11-16-10-13-5-7-18-8-6-13/h3-4,9,13,16H,5-8,10-11H2,1-2H3. The normalized spacial score (nSPS) is 16.8. The molecule has 1 N–H and O–H groups in total. The van der Waals surface area contributed by atoms with E-state index in [1.54, 1.807) is 7.11 Å². The molecule has 0 radical (unpaired) electrons. The zero-order valence-corrected chi connectivity index (χ0v) is 12.2. The lowest BCUT2D eigenvalue weighted by molar-refractivity contribution is 0.411. The van der Waals surface area contributed by atoms with Gasteiger partial charge < -0.3 is 10.1 Å². The summed E-state index contributed by atoms with van der Waals surface area (Å²) < 4.78 is 5.28. The molecular formula is C15H23NOS. The van der Waals surface area contributed by atoms with Gasteiger partial charge in [0.2, 0.25) is 0 Å². The average Bonchev–Trinajstić information content (AvgIpc) is 2.40. The number of benzene rings is 1. The fourth-order valence-corrected chi connectivity index (χ4v) is 3.63.